The van der Waals surface area contributed by atoms with Gasteiger partial charge in [-0.1, -0.05) is 0 Å². The van der Waals surface area contributed by atoms with Crippen molar-refractivity contribution < 1.29 is 4.79 Å². The van der Waals surface area contributed by atoms with Crippen molar-refractivity contribution in [2.24, 2.45) is 5.92 Å². The Balaban J connectivity index is 1.54. The summed E-state index contributed by atoms with van der Waals surface area (Å²) in [6, 6.07) is 0. The summed E-state index contributed by atoms with van der Waals surface area (Å²) < 4.78 is 2.04. The fourth-order valence-corrected chi connectivity index (χ4v) is 2.67. The van der Waals surface area contributed by atoms with Crippen molar-refractivity contribution in [2.45, 2.75) is 32.1 Å². The molecule has 3 rings (SSSR count). The number of ketones is 1. The number of carbonyl (C=O) groups excluding carboxylic acids is 1. The van der Waals surface area contributed by atoms with Gasteiger partial charge in [-0.2, -0.15) is 0 Å². The van der Waals surface area contributed by atoms with Crippen LogP contribution in [0, 0.1) is 5.92 Å². The maximum atomic E-state index is 11.5. The molecule has 1 aliphatic rings. The second-order valence-electron chi connectivity index (χ2n) is 4.42. The van der Waals surface area contributed by atoms with E-state index in [2.05, 4.69) is 11.2 Å². The van der Waals surface area contributed by atoms with Gasteiger partial charge in [-0.3, -0.25) is 9.20 Å². The predicted molar refractivity (Wildman–Crippen MR) is 63.7 cm³/mol. The van der Waals surface area contributed by atoms with E-state index in [1.54, 1.807) is 11.3 Å². The van der Waals surface area contributed by atoms with Crippen molar-refractivity contribution in [3.8, 4) is 0 Å². The lowest BCUT2D eigenvalue weighted by Gasteiger charge is -1.96. The lowest BCUT2D eigenvalue weighted by molar-refractivity contribution is -0.120. The maximum absolute atomic E-state index is 11.5. The smallest absolute Gasteiger partial charge is 0.193 e. The molecule has 0 aromatic carbocycles. The van der Waals surface area contributed by atoms with Crippen LogP contribution in [-0.2, 0) is 11.2 Å². The molecule has 0 amide bonds. The first-order valence-corrected chi connectivity index (χ1v) is 6.65. The summed E-state index contributed by atoms with van der Waals surface area (Å²) in [5.74, 6) is 0.867. The molecule has 4 heteroatoms. The molecule has 0 aliphatic heterocycles. The number of hydrogen-bond donors (Lipinski definition) is 0. The van der Waals surface area contributed by atoms with E-state index in [1.165, 1.54) is 0 Å². The van der Waals surface area contributed by atoms with Crippen molar-refractivity contribution in [3.05, 3.63) is 23.5 Å². The molecule has 0 atom stereocenters. The minimum absolute atomic E-state index is 0.408. The Kier molecular flexibility index (Phi) is 2.52. The number of imidazole rings is 1. The topological polar surface area (TPSA) is 34.4 Å². The number of nitrogens with zero attached hydrogens (tertiary/aromatic N) is 2. The molecule has 3 nitrogen and oxygen atoms in total. The van der Waals surface area contributed by atoms with Gasteiger partial charge in [-0.15, -0.1) is 11.3 Å². The van der Waals surface area contributed by atoms with Gasteiger partial charge in [0.2, 0.25) is 0 Å². The Hall–Kier alpha value is -1.16. The number of Topliss-reactive ketones (excluding diaryl/α,β-unsaturated/α-hetero) is 1. The average molecular weight is 234 g/mol. The minimum atomic E-state index is 0.408. The van der Waals surface area contributed by atoms with Gasteiger partial charge < -0.3 is 0 Å². The van der Waals surface area contributed by atoms with Crippen LogP contribution in [0.3, 0.4) is 0 Å². The van der Waals surface area contributed by atoms with Crippen molar-refractivity contribution >= 4 is 22.1 Å². The summed E-state index contributed by atoms with van der Waals surface area (Å²) in [6.07, 6.45) is 8.93. The Morgan fingerprint density at radius 3 is 3.19 bits per heavy atom. The normalized spacial score (nSPS) is 15.8. The molecule has 0 radical (unpaired) electrons. The van der Waals surface area contributed by atoms with E-state index in [1.807, 2.05) is 16.0 Å². The van der Waals surface area contributed by atoms with Crippen LogP contribution in [0.5, 0.6) is 0 Å². The molecule has 2 heterocycles. The highest BCUT2D eigenvalue weighted by Gasteiger charge is 2.28. The van der Waals surface area contributed by atoms with E-state index in [4.69, 9.17) is 0 Å². The molecule has 0 N–H and O–H groups in total. The number of aromatic nitrogens is 2. The number of rotatable bonds is 5. The predicted octanol–water partition coefficient (Wildman–Crippen LogP) is 2.70. The summed E-state index contributed by atoms with van der Waals surface area (Å²) in [5, 5.41) is 2.03. The standard InChI is InChI=1S/C12H14N2OS/c15-11(9-4-5-9)3-1-2-10-8-14-6-7-16-12(14)13-10/h6-9H,1-5H2. The van der Waals surface area contributed by atoms with Gasteiger partial charge in [0.15, 0.2) is 4.96 Å². The van der Waals surface area contributed by atoms with Gasteiger partial charge in [-0.25, -0.2) is 4.98 Å². The van der Waals surface area contributed by atoms with Crippen molar-refractivity contribution in [1.82, 2.24) is 9.38 Å². The molecule has 1 saturated carbocycles. The summed E-state index contributed by atoms with van der Waals surface area (Å²) in [4.78, 5) is 17.0. The molecule has 16 heavy (non-hydrogen) atoms. The van der Waals surface area contributed by atoms with Crippen LogP contribution in [0.15, 0.2) is 17.8 Å². The van der Waals surface area contributed by atoms with Gasteiger partial charge in [-0.05, 0) is 25.7 Å². The summed E-state index contributed by atoms with van der Waals surface area (Å²) >= 11 is 1.65. The maximum Gasteiger partial charge on any atom is 0.193 e. The fourth-order valence-electron chi connectivity index (χ4n) is 1.95. The van der Waals surface area contributed by atoms with Crippen LogP contribution in [-0.4, -0.2) is 15.2 Å². The lowest BCUT2D eigenvalue weighted by Crippen LogP contribution is -2.00. The second-order valence-corrected chi connectivity index (χ2v) is 5.29. The minimum Gasteiger partial charge on any atom is -0.299 e. The molecule has 1 aliphatic carbocycles. The Morgan fingerprint density at radius 1 is 1.56 bits per heavy atom. The summed E-state index contributed by atoms with van der Waals surface area (Å²) in [7, 11) is 0. The van der Waals surface area contributed by atoms with E-state index >= 15 is 0 Å². The number of thiazole rings is 1. The molecule has 0 unspecified atom stereocenters. The van der Waals surface area contributed by atoms with Crippen LogP contribution in [0.25, 0.3) is 4.96 Å². The van der Waals surface area contributed by atoms with Gasteiger partial charge in [0.25, 0.3) is 0 Å². The number of hydrogen-bond acceptors (Lipinski definition) is 3. The highest BCUT2D eigenvalue weighted by molar-refractivity contribution is 7.15. The fraction of sp³-hybridized carbons (Fsp3) is 0.500. The Bertz CT molecular complexity index is 481. The van der Waals surface area contributed by atoms with E-state index < -0.39 is 0 Å². The first kappa shape index (κ1) is 10.0. The zero-order valence-electron chi connectivity index (χ0n) is 9.06. The zero-order valence-corrected chi connectivity index (χ0v) is 9.87. The van der Waals surface area contributed by atoms with Crippen molar-refractivity contribution in [1.29, 1.82) is 0 Å². The molecular formula is C12H14N2OS. The third-order valence-electron chi connectivity index (χ3n) is 3.03. The zero-order chi connectivity index (χ0) is 11.0. The van der Waals surface area contributed by atoms with Crippen LogP contribution < -0.4 is 0 Å². The highest BCUT2D eigenvalue weighted by Crippen LogP contribution is 2.31. The molecule has 84 valence electrons. The van der Waals surface area contributed by atoms with E-state index in [0.29, 0.717) is 11.7 Å². The quantitative estimate of drug-likeness (QED) is 0.797. The first-order valence-electron chi connectivity index (χ1n) is 5.77. The van der Waals surface area contributed by atoms with Gasteiger partial charge in [0, 0.05) is 30.1 Å². The van der Waals surface area contributed by atoms with E-state index in [9.17, 15) is 4.79 Å². The van der Waals surface area contributed by atoms with Gasteiger partial charge in [0.1, 0.15) is 5.78 Å². The van der Waals surface area contributed by atoms with Gasteiger partial charge >= 0.3 is 0 Å². The number of fused-ring (bicyclic) bond motifs is 1. The van der Waals surface area contributed by atoms with Crippen LogP contribution in [0.1, 0.15) is 31.4 Å². The lowest BCUT2D eigenvalue weighted by atomic mass is 10.1. The first-order chi connectivity index (χ1) is 7.83. The SMILES string of the molecule is O=C(CCCc1cn2ccsc2n1)C1CC1. The van der Waals surface area contributed by atoms with Crippen molar-refractivity contribution in [2.75, 3.05) is 0 Å². The summed E-state index contributed by atoms with van der Waals surface area (Å²) in [6.45, 7) is 0. The Labute approximate surface area is 98.1 Å². The highest BCUT2D eigenvalue weighted by atomic mass is 32.1. The van der Waals surface area contributed by atoms with Crippen LogP contribution in [0.2, 0.25) is 0 Å². The molecule has 2 aromatic heterocycles. The van der Waals surface area contributed by atoms with E-state index in [-0.39, 0.29) is 0 Å². The molecule has 0 spiro atoms. The van der Waals surface area contributed by atoms with Gasteiger partial charge in [0.05, 0.1) is 5.69 Å². The third kappa shape index (κ3) is 2.02. The molecular weight excluding hydrogens is 220 g/mol. The molecule has 1 fully saturated rings. The average Bonchev–Trinajstić information content (AvgIpc) is 2.91. The largest absolute Gasteiger partial charge is 0.299 e. The number of carbonyl (C=O) groups is 1. The summed E-state index contributed by atoms with van der Waals surface area (Å²) in [5.41, 5.74) is 1.11. The van der Waals surface area contributed by atoms with Crippen molar-refractivity contribution in [3.63, 3.8) is 0 Å². The van der Waals surface area contributed by atoms with Crippen LogP contribution in [0.4, 0.5) is 0 Å². The van der Waals surface area contributed by atoms with Crippen LogP contribution >= 0.6 is 11.3 Å². The third-order valence-corrected chi connectivity index (χ3v) is 3.80. The second kappa shape index (κ2) is 4.01. The monoisotopic (exact) mass is 234 g/mol. The molecule has 2 aromatic rings. The molecule has 0 bridgehead atoms. The van der Waals surface area contributed by atoms with E-state index in [0.717, 1.165) is 42.8 Å². The number of aryl methyl sites for hydroxylation is 1. The molecule has 0 saturated heterocycles. The Morgan fingerprint density at radius 2 is 2.44 bits per heavy atom.